The minimum absolute atomic E-state index is 0.0713. The van der Waals surface area contributed by atoms with Gasteiger partial charge in [0, 0.05) is 31.6 Å². The lowest BCUT2D eigenvalue weighted by molar-refractivity contribution is -0.123. The molecule has 0 fully saturated rings. The van der Waals surface area contributed by atoms with E-state index in [9.17, 15) is 9.59 Å². The molecule has 2 atom stereocenters. The maximum absolute atomic E-state index is 12.0. The van der Waals surface area contributed by atoms with Crippen molar-refractivity contribution >= 4 is 17.6 Å². The van der Waals surface area contributed by atoms with Crippen molar-refractivity contribution in [1.29, 1.82) is 0 Å². The molecule has 1 aromatic rings. The van der Waals surface area contributed by atoms with E-state index < -0.39 is 17.9 Å². The minimum atomic E-state index is -0.716. The Balaban J connectivity index is 1.90. The van der Waals surface area contributed by atoms with Crippen LogP contribution in [-0.4, -0.2) is 29.8 Å². The fourth-order valence-corrected chi connectivity index (χ4v) is 2.20. The van der Waals surface area contributed by atoms with Gasteiger partial charge in [-0.3, -0.25) is 4.79 Å². The summed E-state index contributed by atoms with van der Waals surface area (Å²) in [5.41, 5.74) is 0.557. The molecule has 0 radical (unpaired) electrons. The summed E-state index contributed by atoms with van der Waals surface area (Å²) in [4.78, 5) is 24.0. The zero-order valence-corrected chi connectivity index (χ0v) is 14.7. The first kappa shape index (κ1) is 17.9. The molecule has 1 aliphatic rings. The van der Waals surface area contributed by atoms with E-state index in [-0.39, 0.29) is 11.9 Å². The Bertz CT molecular complexity index is 630. The fraction of sp³-hybridized carbons (Fsp3) is 0.529. The molecule has 0 saturated carbocycles. The van der Waals surface area contributed by atoms with Crippen LogP contribution in [0.1, 0.15) is 41.0 Å². The summed E-state index contributed by atoms with van der Waals surface area (Å²) in [5.74, 6) is 0.269. The molecule has 1 aliphatic heterocycles. The van der Waals surface area contributed by atoms with Crippen LogP contribution in [0.2, 0.25) is 0 Å². The molecular formula is C17H25N3O4. The topological polar surface area (TPSA) is 88.7 Å². The van der Waals surface area contributed by atoms with Crippen molar-refractivity contribution in [2.75, 3.05) is 5.32 Å². The molecule has 132 valence electrons. The van der Waals surface area contributed by atoms with E-state index in [1.54, 1.807) is 25.1 Å². The minimum Gasteiger partial charge on any atom is -0.449 e. The number of amides is 3. The van der Waals surface area contributed by atoms with Gasteiger partial charge in [-0.05, 0) is 32.4 Å². The summed E-state index contributed by atoms with van der Waals surface area (Å²) in [6.45, 7) is 9.16. The van der Waals surface area contributed by atoms with Crippen LogP contribution in [0, 0.1) is 0 Å². The first-order valence-corrected chi connectivity index (χ1v) is 8.10. The molecule has 0 saturated heterocycles. The zero-order chi connectivity index (χ0) is 17.9. The van der Waals surface area contributed by atoms with Crippen molar-refractivity contribution in [1.82, 2.24) is 10.6 Å². The standard InChI is InChI=1S/C17H25N3O4/c1-6-10(2)18-15(21)11(3)19-16(22)20-12-7-8-13-14(9-12)24-17(4,5)23-13/h7-11H,6H2,1-5H3,(H,18,21)(H2,19,20,22)/t10-,11-/m1/s1. The van der Waals surface area contributed by atoms with Crippen LogP contribution >= 0.6 is 0 Å². The van der Waals surface area contributed by atoms with Gasteiger partial charge in [0.15, 0.2) is 11.5 Å². The second-order valence-corrected chi connectivity index (χ2v) is 6.40. The van der Waals surface area contributed by atoms with Crippen LogP contribution in [-0.2, 0) is 4.79 Å². The van der Waals surface area contributed by atoms with E-state index in [1.165, 1.54) is 0 Å². The van der Waals surface area contributed by atoms with Gasteiger partial charge in [0.1, 0.15) is 6.04 Å². The molecule has 3 N–H and O–H groups in total. The van der Waals surface area contributed by atoms with Gasteiger partial charge in [-0.1, -0.05) is 6.92 Å². The fourth-order valence-electron chi connectivity index (χ4n) is 2.20. The summed E-state index contributed by atoms with van der Waals surface area (Å²) in [6.07, 6.45) is 0.832. The number of fused-ring (bicyclic) bond motifs is 1. The molecule has 7 heteroatoms. The van der Waals surface area contributed by atoms with Crippen molar-refractivity contribution in [2.45, 2.75) is 58.9 Å². The molecule has 1 heterocycles. The van der Waals surface area contributed by atoms with Gasteiger partial charge in [0.2, 0.25) is 11.7 Å². The van der Waals surface area contributed by atoms with Gasteiger partial charge >= 0.3 is 6.03 Å². The van der Waals surface area contributed by atoms with E-state index >= 15 is 0 Å². The molecule has 3 amide bonds. The number of benzene rings is 1. The molecule has 0 aliphatic carbocycles. The predicted molar refractivity (Wildman–Crippen MR) is 91.3 cm³/mol. The Morgan fingerprint density at radius 1 is 1.12 bits per heavy atom. The summed E-state index contributed by atoms with van der Waals surface area (Å²) in [6, 6.07) is 4.12. The predicted octanol–water partition coefficient (Wildman–Crippen LogP) is 2.62. The average molecular weight is 335 g/mol. The van der Waals surface area contributed by atoms with Crippen LogP contribution < -0.4 is 25.4 Å². The van der Waals surface area contributed by atoms with Gasteiger partial charge in [-0.2, -0.15) is 0 Å². The van der Waals surface area contributed by atoms with Crippen LogP contribution in [0.15, 0.2) is 18.2 Å². The van der Waals surface area contributed by atoms with Crippen LogP contribution in [0.4, 0.5) is 10.5 Å². The molecule has 7 nitrogen and oxygen atoms in total. The molecule has 0 aromatic heterocycles. The number of hydrogen-bond donors (Lipinski definition) is 3. The number of anilines is 1. The Labute approximate surface area is 142 Å². The highest BCUT2D eigenvalue weighted by Crippen LogP contribution is 2.40. The van der Waals surface area contributed by atoms with Crippen molar-refractivity contribution in [3.63, 3.8) is 0 Å². The van der Waals surface area contributed by atoms with Crippen LogP contribution in [0.25, 0.3) is 0 Å². The maximum Gasteiger partial charge on any atom is 0.319 e. The van der Waals surface area contributed by atoms with Crippen molar-refractivity contribution in [3.05, 3.63) is 18.2 Å². The zero-order valence-electron chi connectivity index (χ0n) is 14.7. The summed E-state index contributed by atoms with van der Waals surface area (Å²) in [5, 5.41) is 8.12. The largest absolute Gasteiger partial charge is 0.449 e. The molecule has 2 rings (SSSR count). The highest BCUT2D eigenvalue weighted by molar-refractivity contribution is 5.93. The normalized spacial score (nSPS) is 16.9. The average Bonchev–Trinajstić information content (AvgIpc) is 2.79. The Hall–Kier alpha value is -2.44. The van der Waals surface area contributed by atoms with Crippen molar-refractivity contribution < 1.29 is 19.1 Å². The molecule has 1 aromatic carbocycles. The first-order valence-electron chi connectivity index (χ1n) is 8.10. The second kappa shape index (κ2) is 6.98. The highest BCUT2D eigenvalue weighted by atomic mass is 16.7. The lowest BCUT2D eigenvalue weighted by Crippen LogP contribution is -2.48. The van der Waals surface area contributed by atoms with Gasteiger partial charge in [-0.25, -0.2) is 4.79 Å². The van der Waals surface area contributed by atoms with E-state index in [1.807, 2.05) is 27.7 Å². The van der Waals surface area contributed by atoms with Gasteiger partial charge < -0.3 is 25.4 Å². The maximum atomic E-state index is 12.0. The third-order valence-corrected chi connectivity index (χ3v) is 3.65. The Morgan fingerprint density at radius 2 is 1.79 bits per heavy atom. The summed E-state index contributed by atoms with van der Waals surface area (Å²) in [7, 11) is 0. The SMILES string of the molecule is CC[C@@H](C)NC(=O)[C@@H](C)NC(=O)Nc1ccc2c(c1)OC(C)(C)O2. The third-order valence-electron chi connectivity index (χ3n) is 3.65. The van der Waals surface area contributed by atoms with Crippen molar-refractivity contribution in [3.8, 4) is 11.5 Å². The highest BCUT2D eigenvalue weighted by Gasteiger charge is 2.31. The Kier molecular flexibility index (Phi) is 5.21. The second-order valence-electron chi connectivity index (χ2n) is 6.40. The molecule has 0 spiro atoms. The number of urea groups is 1. The number of ether oxygens (including phenoxy) is 2. The van der Waals surface area contributed by atoms with Gasteiger partial charge in [-0.15, -0.1) is 0 Å². The molecule has 24 heavy (non-hydrogen) atoms. The lowest BCUT2D eigenvalue weighted by Gasteiger charge is -2.17. The number of nitrogens with one attached hydrogen (secondary N) is 3. The van der Waals surface area contributed by atoms with Gasteiger partial charge in [0.25, 0.3) is 0 Å². The van der Waals surface area contributed by atoms with Gasteiger partial charge in [0.05, 0.1) is 0 Å². The van der Waals surface area contributed by atoms with E-state index in [0.717, 1.165) is 6.42 Å². The summed E-state index contributed by atoms with van der Waals surface area (Å²) >= 11 is 0. The summed E-state index contributed by atoms with van der Waals surface area (Å²) < 4.78 is 11.2. The number of carbonyl (C=O) groups is 2. The van der Waals surface area contributed by atoms with Crippen molar-refractivity contribution in [2.24, 2.45) is 0 Å². The lowest BCUT2D eigenvalue weighted by atomic mass is 10.2. The molecule has 0 bridgehead atoms. The molecule has 0 unspecified atom stereocenters. The van der Waals surface area contributed by atoms with E-state index in [0.29, 0.717) is 17.2 Å². The number of rotatable bonds is 5. The first-order chi connectivity index (χ1) is 11.2. The van der Waals surface area contributed by atoms with Crippen LogP contribution in [0.5, 0.6) is 11.5 Å². The quantitative estimate of drug-likeness (QED) is 0.772. The molecular weight excluding hydrogens is 310 g/mol. The van der Waals surface area contributed by atoms with E-state index in [4.69, 9.17) is 9.47 Å². The van der Waals surface area contributed by atoms with Crippen LogP contribution in [0.3, 0.4) is 0 Å². The van der Waals surface area contributed by atoms with E-state index in [2.05, 4.69) is 16.0 Å². The monoisotopic (exact) mass is 335 g/mol. The number of carbonyl (C=O) groups excluding carboxylic acids is 2. The smallest absolute Gasteiger partial charge is 0.319 e. The Morgan fingerprint density at radius 3 is 2.46 bits per heavy atom. The third kappa shape index (κ3) is 4.53. The number of hydrogen-bond acceptors (Lipinski definition) is 4.